The Morgan fingerprint density at radius 1 is 1.71 bits per heavy atom. The summed E-state index contributed by atoms with van der Waals surface area (Å²) < 4.78 is 0.918. The van der Waals surface area contributed by atoms with Gasteiger partial charge in [0.25, 0.3) is 0 Å². The fourth-order valence-corrected chi connectivity index (χ4v) is 2.93. The zero-order valence-electron chi connectivity index (χ0n) is 8.09. The van der Waals surface area contributed by atoms with Gasteiger partial charge in [0, 0.05) is 17.5 Å². The summed E-state index contributed by atoms with van der Waals surface area (Å²) in [5.74, 6) is 0. The number of hydrogen-bond acceptors (Lipinski definition) is 4. The summed E-state index contributed by atoms with van der Waals surface area (Å²) in [6.07, 6.45) is 2.47. The van der Waals surface area contributed by atoms with Crippen LogP contribution in [0.15, 0.2) is 9.98 Å². The molecule has 0 radical (unpaired) electrons. The summed E-state index contributed by atoms with van der Waals surface area (Å²) in [4.78, 5) is 4.34. The summed E-state index contributed by atoms with van der Waals surface area (Å²) in [7, 11) is 0. The molecule has 78 valence electrons. The Bertz CT molecular complexity index is 302. The van der Waals surface area contributed by atoms with E-state index in [4.69, 9.17) is 0 Å². The zero-order chi connectivity index (χ0) is 9.97. The molecule has 1 aromatic rings. The minimum Gasteiger partial charge on any atom is -0.357 e. The number of halogens is 1. The molecule has 1 aliphatic rings. The first kappa shape index (κ1) is 10.4. The van der Waals surface area contributed by atoms with Gasteiger partial charge in [-0.1, -0.05) is 0 Å². The van der Waals surface area contributed by atoms with Gasteiger partial charge in [0.05, 0.1) is 0 Å². The van der Waals surface area contributed by atoms with E-state index in [0.717, 1.165) is 16.3 Å². The van der Waals surface area contributed by atoms with Crippen LogP contribution in [0, 0.1) is 0 Å². The molecule has 14 heavy (non-hydrogen) atoms. The van der Waals surface area contributed by atoms with Crippen LogP contribution in [0.25, 0.3) is 0 Å². The van der Waals surface area contributed by atoms with Gasteiger partial charge in [-0.25, -0.2) is 4.98 Å². The van der Waals surface area contributed by atoms with Crippen LogP contribution in [-0.4, -0.2) is 23.6 Å². The van der Waals surface area contributed by atoms with E-state index in [1.54, 1.807) is 11.3 Å². The molecule has 5 heteroatoms. The first-order valence-corrected chi connectivity index (χ1v) is 6.54. The van der Waals surface area contributed by atoms with Crippen LogP contribution in [0.3, 0.4) is 0 Å². The topological polar surface area (TPSA) is 37.0 Å². The second-order valence-corrected chi connectivity index (χ2v) is 5.28. The third kappa shape index (κ3) is 2.46. The van der Waals surface area contributed by atoms with Crippen molar-refractivity contribution in [3.8, 4) is 0 Å². The first-order chi connectivity index (χ1) is 6.75. The SMILES string of the molecule is CC1NCCCC1Nc1nc(Br)cs1. The van der Waals surface area contributed by atoms with Gasteiger partial charge < -0.3 is 10.6 Å². The molecule has 3 nitrogen and oxygen atoms in total. The Kier molecular flexibility index (Phi) is 3.41. The highest BCUT2D eigenvalue weighted by Crippen LogP contribution is 2.22. The van der Waals surface area contributed by atoms with Gasteiger partial charge in [-0.05, 0) is 42.2 Å². The first-order valence-electron chi connectivity index (χ1n) is 4.86. The number of nitrogens with zero attached hydrogens (tertiary/aromatic N) is 1. The Labute approximate surface area is 96.4 Å². The maximum atomic E-state index is 4.34. The second-order valence-electron chi connectivity index (χ2n) is 3.61. The molecule has 0 bridgehead atoms. The zero-order valence-corrected chi connectivity index (χ0v) is 10.5. The number of hydrogen-bond donors (Lipinski definition) is 2. The lowest BCUT2D eigenvalue weighted by Crippen LogP contribution is -2.46. The Hall–Kier alpha value is -0.130. The van der Waals surface area contributed by atoms with E-state index in [0.29, 0.717) is 12.1 Å². The molecule has 0 amide bonds. The monoisotopic (exact) mass is 275 g/mol. The second kappa shape index (κ2) is 4.59. The van der Waals surface area contributed by atoms with Gasteiger partial charge in [-0.2, -0.15) is 0 Å². The van der Waals surface area contributed by atoms with E-state index in [1.165, 1.54) is 12.8 Å². The molecule has 1 saturated heterocycles. The normalized spacial score (nSPS) is 27.6. The van der Waals surface area contributed by atoms with Crippen molar-refractivity contribution in [2.75, 3.05) is 11.9 Å². The largest absolute Gasteiger partial charge is 0.357 e. The van der Waals surface area contributed by atoms with Crippen molar-refractivity contribution in [1.82, 2.24) is 10.3 Å². The summed E-state index contributed by atoms with van der Waals surface area (Å²) in [6.45, 7) is 3.36. The van der Waals surface area contributed by atoms with Crippen molar-refractivity contribution >= 4 is 32.4 Å². The average Bonchev–Trinajstić information content (AvgIpc) is 2.56. The van der Waals surface area contributed by atoms with Gasteiger partial charge in [0.2, 0.25) is 0 Å². The molecule has 0 aromatic carbocycles. The quantitative estimate of drug-likeness (QED) is 0.871. The molecule has 1 aliphatic heterocycles. The molecular weight excluding hydrogens is 262 g/mol. The molecule has 2 rings (SSSR count). The molecule has 2 N–H and O–H groups in total. The van der Waals surface area contributed by atoms with Crippen LogP contribution in [0.1, 0.15) is 19.8 Å². The Morgan fingerprint density at radius 3 is 3.21 bits per heavy atom. The summed E-state index contributed by atoms with van der Waals surface area (Å²) >= 11 is 5.00. The van der Waals surface area contributed by atoms with Crippen LogP contribution in [0.5, 0.6) is 0 Å². The van der Waals surface area contributed by atoms with E-state index < -0.39 is 0 Å². The van der Waals surface area contributed by atoms with Crippen molar-refractivity contribution < 1.29 is 0 Å². The highest BCUT2D eigenvalue weighted by Gasteiger charge is 2.21. The number of thiazole rings is 1. The van der Waals surface area contributed by atoms with E-state index in [-0.39, 0.29) is 0 Å². The third-order valence-electron chi connectivity index (χ3n) is 2.55. The smallest absolute Gasteiger partial charge is 0.184 e. The summed E-state index contributed by atoms with van der Waals surface area (Å²) in [5.41, 5.74) is 0. The minimum absolute atomic E-state index is 0.516. The number of nitrogens with one attached hydrogen (secondary N) is 2. The van der Waals surface area contributed by atoms with Crippen LogP contribution in [0.4, 0.5) is 5.13 Å². The maximum absolute atomic E-state index is 4.34. The van der Waals surface area contributed by atoms with Crippen LogP contribution in [-0.2, 0) is 0 Å². The lowest BCUT2D eigenvalue weighted by atomic mass is 10.0. The average molecular weight is 276 g/mol. The van der Waals surface area contributed by atoms with Crippen molar-refractivity contribution in [3.63, 3.8) is 0 Å². The van der Waals surface area contributed by atoms with E-state index in [1.807, 2.05) is 5.38 Å². The fraction of sp³-hybridized carbons (Fsp3) is 0.667. The van der Waals surface area contributed by atoms with Crippen LogP contribution >= 0.6 is 27.3 Å². The number of anilines is 1. The van der Waals surface area contributed by atoms with Crippen molar-refractivity contribution in [1.29, 1.82) is 0 Å². The molecule has 0 spiro atoms. The summed E-state index contributed by atoms with van der Waals surface area (Å²) in [6, 6.07) is 1.05. The molecule has 1 aromatic heterocycles. The standard InChI is InChI=1S/C9H14BrN3S/c1-6-7(3-2-4-11-6)12-9-13-8(10)5-14-9/h5-7,11H,2-4H2,1H3,(H,12,13). The Morgan fingerprint density at radius 2 is 2.57 bits per heavy atom. The number of aromatic nitrogens is 1. The van der Waals surface area contributed by atoms with Gasteiger partial charge >= 0.3 is 0 Å². The maximum Gasteiger partial charge on any atom is 0.184 e. The number of piperidine rings is 1. The fourth-order valence-electron chi connectivity index (χ4n) is 1.72. The Balaban J connectivity index is 1.95. The van der Waals surface area contributed by atoms with Gasteiger partial charge in [-0.15, -0.1) is 11.3 Å². The lowest BCUT2D eigenvalue weighted by Gasteiger charge is -2.30. The predicted molar refractivity (Wildman–Crippen MR) is 63.9 cm³/mol. The molecular formula is C9H14BrN3S. The highest BCUT2D eigenvalue weighted by atomic mass is 79.9. The molecule has 1 fully saturated rings. The van der Waals surface area contributed by atoms with Crippen LogP contribution < -0.4 is 10.6 Å². The molecule has 0 saturated carbocycles. The highest BCUT2D eigenvalue weighted by molar-refractivity contribution is 9.10. The van der Waals surface area contributed by atoms with Crippen LogP contribution in [0.2, 0.25) is 0 Å². The van der Waals surface area contributed by atoms with Gasteiger partial charge in [0.1, 0.15) is 4.60 Å². The van der Waals surface area contributed by atoms with E-state index >= 15 is 0 Å². The van der Waals surface area contributed by atoms with Crippen molar-refractivity contribution in [2.45, 2.75) is 31.8 Å². The van der Waals surface area contributed by atoms with Gasteiger partial charge in [-0.3, -0.25) is 0 Å². The number of rotatable bonds is 2. The third-order valence-corrected chi connectivity index (χ3v) is 4.03. The molecule has 2 atom stereocenters. The molecule has 0 aliphatic carbocycles. The molecule has 2 heterocycles. The lowest BCUT2D eigenvalue weighted by molar-refractivity contribution is 0.389. The van der Waals surface area contributed by atoms with Gasteiger partial charge in [0.15, 0.2) is 5.13 Å². The minimum atomic E-state index is 0.516. The predicted octanol–water partition coefficient (Wildman–Crippen LogP) is 2.46. The summed E-state index contributed by atoms with van der Waals surface area (Å²) in [5, 5.41) is 9.94. The van der Waals surface area contributed by atoms with Crippen molar-refractivity contribution in [3.05, 3.63) is 9.98 Å². The van der Waals surface area contributed by atoms with E-state index in [2.05, 4.69) is 38.5 Å². The van der Waals surface area contributed by atoms with Crippen molar-refractivity contribution in [2.24, 2.45) is 0 Å². The van der Waals surface area contributed by atoms with E-state index in [9.17, 15) is 0 Å². The molecule has 2 unspecified atom stereocenters.